The van der Waals surface area contributed by atoms with Gasteiger partial charge < -0.3 is 20.1 Å². The second kappa shape index (κ2) is 12.6. The molecule has 0 radical (unpaired) electrons. The monoisotopic (exact) mass is 478 g/mol. The van der Waals surface area contributed by atoms with Crippen molar-refractivity contribution in [2.24, 2.45) is 5.92 Å². The lowest BCUT2D eigenvalue weighted by Gasteiger charge is -2.17. The average molecular weight is 479 g/mol. The van der Waals surface area contributed by atoms with Crippen LogP contribution in [0, 0.1) is 11.7 Å². The van der Waals surface area contributed by atoms with E-state index in [1.54, 1.807) is 30.8 Å². The molecule has 2 rings (SSSR count). The van der Waals surface area contributed by atoms with Crippen LogP contribution in [0.4, 0.5) is 4.39 Å². The number of aromatic hydroxyl groups is 1. The highest BCUT2D eigenvalue weighted by Crippen LogP contribution is 2.36. The van der Waals surface area contributed by atoms with Crippen molar-refractivity contribution in [3.63, 3.8) is 0 Å². The van der Waals surface area contributed by atoms with Crippen molar-refractivity contribution in [1.29, 1.82) is 0 Å². The van der Waals surface area contributed by atoms with Crippen molar-refractivity contribution in [3.05, 3.63) is 52.8 Å². The zero-order valence-corrected chi connectivity index (χ0v) is 20.0. The molecular weight excluding hydrogens is 447 g/mol. The number of hydrogen-bond donors (Lipinski definition) is 3. The number of benzene rings is 2. The Balaban J connectivity index is 1.90. The number of thioether (sulfide) groups is 1. The summed E-state index contributed by atoms with van der Waals surface area (Å²) in [7, 11) is 0. The Hall–Kier alpha value is -2.58. The lowest BCUT2D eigenvalue weighted by atomic mass is 9.95. The number of aliphatic hydroxyl groups excluding tert-OH is 1. The lowest BCUT2D eigenvalue weighted by molar-refractivity contribution is -0.139. The maximum Gasteiger partial charge on any atom is 0.303 e. The molecule has 0 aromatic heterocycles. The summed E-state index contributed by atoms with van der Waals surface area (Å²) >= 11 is 1.58. The zero-order valence-electron chi connectivity index (χ0n) is 19.1. The molecule has 2 atom stereocenters. The molecule has 0 heterocycles. The summed E-state index contributed by atoms with van der Waals surface area (Å²) in [5, 5.41) is 29.5. The van der Waals surface area contributed by atoms with E-state index in [1.165, 1.54) is 6.92 Å². The van der Waals surface area contributed by atoms with Gasteiger partial charge in [-0.15, -0.1) is 11.8 Å². The highest BCUT2D eigenvalue weighted by Gasteiger charge is 2.21. The molecule has 0 saturated carbocycles. The Morgan fingerprint density at radius 1 is 1.21 bits per heavy atom. The van der Waals surface area contributed by atoms with Gasteiger partial charge in [0.25, 0.3) is 0 Å². The van der Waals surface area contributed by atoms with Crippen molar-refractivity contribution in [2.45, 2.75) is 57.5 Å². The van der Waals surface area contributed by atoms with E-state index in [0.717, 1.165) is 11.0 Å². The molecule has 2 aromatic rings. The number of aliphatic carboxylic acids is 1. The number of ether oxygens (including phenoxy) is 1. The number of halogens is 1. The van der Waals surface area contributed by atoms with Crippen molar-refractivity contribution in [2.75, 3.05) is 12.4 Å². The van der Waals surface area contributed by atoms with E-state index < -0.39 is 23.7 Å². The molecule has 0 aliphatic carbocycles. The number of aliphatic hydroxyl groups is 1. The minimum absolute atomic E-state index is 0.00169. The Morgan fingerprint density at radius 2 is 1.88 bits per heavy atom. The maximum absolute atomic E-state index is 14.5. The molecule has 33 heavy (non-hydrogen) atoms. The number of carboxylic acids is 1. The second-order valence-corrected chi connectivity index (χ2v) is 9.18. The summed E-state index contributed by atoms with van der Waals surface area (Å²) in [4.78, 5) is 23.4. The number of carbonyl (C=O) groups is 2. The molecule has 2 aromatic carbocycles. The molecule has 0 bridgehead atoms. The van der Waals surface area contributed by atoms with Crippen LogP contribution in [0.2, 0.25) is 0 Å². The first-order valence-corrected chi connectivity index (χ1v) is 11.9. The van der Waals surface area contributed by atoms with Crippen molar-refractivity contribution >= 4 is 23.5 Å². The fraction of sp³-hybridized carbons (Fsp3) is 0.440. The van der Waals surface area contributed by atoms with Gasteiger partial charge in [-0.2, -0.15) is 0 Å². The van der Waals surface area contributed by atoms with Gasteiger partial charge in [0.2, 0.25) is 0 Å². The predicted octanol–water partition coefficient (Wildman–Crippen LogP) is 5.39. The molecule has 0 unspecified atom stereocenters. The SMILES string of the molecule is CCCc1c(O)c(C(C)=O)cc(F)c1OCCCSc1ccc([C@H](O)[C@@H](C)CC(=O)O)cc1. The normalized spacial score (nSPS) is 12.9. The first-order valence-electron chi connectivity index (χ1n) is 11.0. The minimum Gasteiger partial charge on any atom is -0.507 e. The highest BCUT2D eigenvalue weighted by atomic mass is 32.2. The summed E-state index contributed by atoms with van der Waals surface area (Å²) < 4.78 is 20.2. The Kier molecular flexibility index (Phi) is 10.2. The van der Waals surface area contributed by atoms with E-state index in [-0.39, 0.29) is 36.0 Å². The largest absolute Gasteiger partial charge is 0.507 e. The van der Waals surface area contributed by atoms with Gasteiger partial charge in [0, 0.05) is 16.2 Å². The summed E-state index contributed by atoms with van der Waals surface area (Å²) in [5.41, 5.74) is 0.954. The van der Waals surface area contributed by atoms with Gasteiger partial charge in [-0.05, 0) is 49.4 Å². The number of carboxylic acid groups (broad SMARTS) is 1. The number of phenols is 1. The fourth-order valence-corrected chi connectivity index (χ4v) is 4.31. The molecule has 0 saturated heterocycles. The van der Waals surface area contributed by atoms with Crippen LogP contribution in [-0.4, -0.2) is 39.4 Å². The van der Waals surface area contributed by atoms with Crippen LogP contribution >= 0.6 is 11.8 Å². The van der Waals surface area contributed by atoms with Gasteiger partial charge >= 0.3 is 5.97 Å². The maximum atomic E-state index is 14.5. The molecule has 0 spiro atoms. The third kappa shape index (κ3) is 7.47. The Bertz CT molecular complexity index is 960. The summed E-state index contributed by atoms with van der Waals surface area (Å²) in [5.74, 6) is -1.89. The van der Waals surface area contributed by atoms with E-state index in [9.17, 15) is 24.2 Å². The van der Waals surface area contributed by atoms with Gasteiger partial charge in [0.15, 0.2) is 17.3 Å². The van der Waals surface area contributed by atoms with E-state index in [4.69, 9.17) is 9.84 Å². The van der Waals surface area contributed by atoms with Crippen molar-refractivity contribution in [3.8, 4) is 11.5 Å². The van der Waals surface area contributed by atoms with Gasteiger partial charge in [-0.3, -0.25) is 9.59 Å². The van der Waals surface area contributed by atoms with Crippen LogP contribution in [0.5, 0.6) is 11.5 Å². The van der Waals surface area contributed by atoms with Crippen molar-refractivity contribution in [1.82, 2.24) is 0 Å². The molecule has 0 amide bonds. The summed E-state index contributed by atoms with van der Waals surface area (Å²) in [6.45, 7) is 5.13. The smallest absolute Gasteiger partial charge is 0.303 e. The first kappa shape index (κ1) is 26.7. The van der Waals surface area contributed by atoms with Crippen LogP contribution in [0.15, 0.2) is 35.2 Å². The molecular formula is C25H31FO6S. The Labute approximate surface area is 197 Å². The first-order chi connectivity index (χ1) is 15.6. The third-order valence-corrected chi connectivity index (χ3v) is 6.34. The van der Waals surface area contributed by atoms with Gasteiger partial charge in [-0.25, -0.2) is 4.39 Å². The van der Waals surface area contributed by atoms with Gasteiger partial charge in [-0.1, -0.05) is 32.4 Å². The van der Waals surface area contributed by atoms with E-state index >= 15 is 0 Å². The number of Topliss-reactive ketones (excluding diaryl/α,β-unsaturated/α-hetero) is 1. The van der Waals surface area contributed by atoms with E-state index in [2.05, 4.69) is 0 Å². The molecule has 180 valence electrons. The average Bonchev–Trinajstić information content (AvgIpc) is 2.76. The number of hydrogen-bond acceptors (Lipinski definition) is 6. The summed E-state index contributed by atoms with van der Waals surface area (Å²) in [6.07, 6.45) is 0.752. The summed E-state index contributed by atoms with van der Waals surface area (Å²) in [6, 6.07) is 8.33. The minimum atomic E-state index is -0.942. The standard InChI is InChI=1S/C25H31FO6S/c1-4-6-19-24(31)20(16(3)27)14-21(26)25(19)32-11-5-12-33-18-9-7-17(8-10-18)23(30)15(2)13-22(28)29/h7-10,14-15,23,30-31H,4-6,11-13H2,1-3H3,(H,28,29)/t15-,23+/m0/s1. The van der Waals surface area contributed by atoms with Crippen LogP contribution in [0.25, 0.3) is 0 Å². The number of phenolic OH excluding ortho intramolecular Hbond substituents is 1. The Morgan fingerprint density at radius 3 is 2.45 bits per heavy atom. The number of rotatable bonds is 13. The van der Waals surface area contributed by atoms with E-state index in [0.29, 0.717) is 36.1 Å². The molecule has 0 aliphatic heterocycles. The molecule has 6 nitrogen and oxygen atoms in total. The van der Waals surface area contributed by atoms with E-state index in [1.807, 2.05) is 19.1 Å². The zero-order chi connectivity index (χ0) is 24.5. The molecule has 8 heteroatoms. The topological polar surface area (TPSA) is 104 Å². The molecule has 0 aliphatic rings. The molecule has 3 N–H and O–H groups in total. The van der Waals surface area contributed by atoms with Crippen LogP contribution in [-0.2, 0) is 11.2 Å². The highest BCUT2D eigenvalue weighted by molar-refractivity contribution is 7.99. The van der Waals surface area contributed by atoms with Crippen molar-refractivity contribution < 1.29 is 34.0 Å². The number of ketones is 1. The number of carbonyl (C=O) groups excluding carboxylic acids is 1. The van der Waals surface area contributed by atoms with Crippen LogP contribution in [0.3, 0.4) is 0 Å². The second-order valence-electron chi connectivity index (χ2n) is 8.01. The molecule has 0 fully saturated rings. The van der Waals surface area contributed by atoms with Gasteiger partial charge in [0.05, 0.1) is 24.7 Å². The fourth-order valence-electron chi connectivity index (χ4n) is 3.48. The quantitative estimate of drug-likeness (QED) is 0.201. The van der Waals surface area contributed by atoms with Gasteiger partial charge in [0.1, 0.15) is 5.75 Å². The third-order valence-electron chi connectivity index (χ3n) is 5.24. The van der Waals surface area contributed by atoms with Crippen LogP contribution < -0.4 is 4.74 Å². The predicted molar refractivity (Wildman–Crippen MR) is 126 cm³/mol. The lowest BCUT2D eigenvalue weighted by Crippen LogP contribution is -2.13. The van der Waals surface area contributed by atoms with Crippen LogP contribution in [0.1, 0.15) is 67.6 Å².